The van der Waals surface area contributed by atoms with Gasteiger partial charge in [0.05, 0.1) is 6.54 Å². The monoisotopic (exact) mass is 378 g/mol. The quantitative estimate of drug-likeness (QED) is 0.759. The van der Waals surface area contributed by atoms with E-state index in [1.807, 2.05) is 16.9 Å². The maximum Gasteiger partial charge on any atom is 0.0662 e. The van der Waals surface area contributed by atoms with Crippen molar-refractivity contribution in [3.8, 4) is 0 Å². The molecule has 3 fully saturated rings. The van der Waals surface area contributed by atoms with Gasteiger partial charge < -0.3 is 4.90 Å². The molecule has 5 rings (SSSR count). The van der Waals surface area contributed by atoms with Crippen molar-refractivity contribution in [2.75, 3.05) is 32.7 Å². The zero-order chi connectivity index (χ0) is 18.8. The number of rotatable bonds is 6. The number of hydrogen-bond donors (Lipinski definition) is 0. The van der Waals surface area contributed by atoms with E-state index in [4.69, 9.17) is 0 Å². The first kappa shape index (κ1) is 18.4. The number of likely N-dealkylation sites (tertiary alicyclic amines) is 2. The van der Waals surface area contributed by atoms with Gasteiger partial charge in [-0.2, -0.15) is 5.10 Å². The Labute approximate surface area is 169 Å². The molecular weight excluding hydrogens is 344 g/mol. The second-order valence-electron chi connectivity index (χ2n) is 9.57. The molecule has 1 unspecified atom stereocenters. The van der Waals surface area contributed by atoms with Gasteiger partial charge in [-0.05, 0) is 73.7 Å². The Bertz CT molecular complexity index is 767. The van der Waals surface area contributed by atoms with Gasteiger partial charge in [0.15, 0.2) is 0 Å². The van der Waals surface area contributed by atoms with Crippen molar-refractivity contribution in [2.45, 2.75) is 51.6 Å². The first-order chi connectivity index (χ1) is 13.8. The summed E-state index contributed by atoms with van der Waals surface area (Å²) >= 11 is 0. The van der Waals surface area contributed by atoms with Gasteiger partial charge in [0.2, 0.25) is 0 Å². The fourth-order valence-electron chi connectivity index (χ4n) is 5.68. The van der Waals surface area contributed by atoms with Crippen LogP contribution < -0.4 is 0 Å². The zero-order valence-corrected chi connectivity index (χ0v) is 17.1. The van der Waals surface area contributed by atoms with E-state index in [2.05, 4.69) is 45.4 Å². The van der Waals surface area contributed by atoms with Crippen molar-refractivity contribution in [1.29, 1.82) is 0 Å². The van der Waals surface area contributed by atoms with Crippen LogP contribution in [0.25, 0.3) is 0 Å². The molecule has 2 aliphatic heterocycles. The van der Waals surface area contributed by atoms with Gasteiger partial charge in [0, 0.05) is 38.6 Å². The summed E-state index contributed by atoms with van der Waals surface area (Å²) in [5.74, 6) is 1.00. The molecule has 1 spiro atoms. The second-order valence-corrected chi connectivity index (χ2v) is 9.57. The molecule has 0 amide bonds. The minimum Gasteiger partial charge on any atom is -0.302 e. The molecular formula is C24H34N4. The van der Waals surface area contributed by atoms with E-state index in [0.29, 0.717) is 5.41 Å². The summed E-state index contributed by atoms with van der Waals surface area (Å²) in [6, 6.07) is 10.9. The molecule has 3 aliphatic rings. The average molecular weight is 379 g/mol. The van der Waals surface area contributed by atoms with E-state index in [-0.39, 0.29) is 0 Å². The predicted octanol–water partition coefficient (Wildman–Crippen LogP) is 4.02. The van der Waals surface area contributed by atoms with E-state index in [0.717, 1.165) is 19.0 Å². The van der Waals surface area contributed by atoms with Crippen molar-refractivity contribution < 1.29 is 0 Å². The number of benzene rings is 1. The lowest BCUT2D eigenvalue weighted by atomic mass is 9.78. The molecule has 150 valence electrons. The summed E-state index contributed by atoms with van der Waals surface area (Å²) in [4.78, 5) is 5.53. The molecule has 1 aromatic carbocycles. The summed E-state index contributed by atoms with van der Waals surface area (Å²) in [5.41, 5.74) is 3.43. The molecule has 28 heavy (non-hydrogen) atoms. The van der Waals surface area contributed by atoms with E-state index >= 15 is 0 Å². The van der Waals surface area contributed by atoms with Crippen LogP contribution in [0, 0.1) is 11.3 Å². The molecule has 0 N–H and O–H groups in total. The highest BCUT2D eigenvalue weighted by molar-refractivity contribution is 5.27. The summed E-state index contributed by atoms with van der Waals surface area (Å²) < 4.78 is 2.03. The SMILES string of the molecule is c1ccc(Cn2cccn2)c(CN2CCC3(CCCN(CC4CCC4)C3)C2)c1. The minimum absolute atomic E-state index is 0.554. The van der Waals surface area contributed by atoms with E-state index in [1.165, 1.54) is 82.4 Å². The van der Waals surface area contributed by atoms with Gasteiger partial charge in [-0.25, -0.2) is 0 Å². The molecule has 0 radical (unpaired) electrons. The average Bonchev–Trinajstić information content (AvgIpc) is 3.31. The highest BCUT2D eigenvalue weighted by atomic mass is 15.3. The van der Waals surface area contributed by atoms with Crippen LogP contribution in [-0.2, 0) is 13.1 Å². The van der Waals surface area contributed by atoms with Crippen molar-refractivity contribution in [3.05, 3.63) is 53.9 Å². The third kappa shape index (κ3) is 4.04. The highest BCUT2D eigenvalue weighted by Crippen LogP contribution is 2.40. The molecule has 1 aliphatic carbocycles. The molecule has 1 atom stereocenters. The number of aromatic nitrogens is 2. The molecule has 4 nitrogen and oxygen atoms in total. The normalized spacial score (nSPS) is 26.7. The molecule has 1 saturated carbocycles. The maximum absolute atomic E-state index is 4.39. The Morgan fingerprint density at radius 2 is 1.71 bits per heavy atom. The topological polar surface area (TPSA) is 24.3 Å². The largest absolute Gasteiger partial charge is 0.302 e. The van der Waals surface area contributed by atoms with E-state index in [9.17, 15) is 0 Å². The summed E-state index contributed by atoms with van der Waals surface area (Å²) in [6.45, 7) is 8.55. The van der Waals surface area contributed by atoms with Gasteiger partial charge in [-0.3, -0.25) is 9.58 Å². The Morgan fingerprint density at radius 1 is 0.893 bits per heavy atom. The Hall–Kier alpha value is -1.65. The summed E-state index contributed by atoms with van der Waals surface area (Å²) in [5, 5.41) is 4.39. The van der Waals surface area contributed by atoms with Gasteiger partial charge in [0.25, 0.3) is 0 Å². The van der Waals surface area contributed by atoms with Crippen LogP contribution in [0.1, 0.15) is 49.7 Å². The third-order valence-corrected chi connectivity index (χ3v) is 7.40. The van der Waals surface area contributed by atoms with Crippen LogP contribution in [0.2, 0.25) is 0 Å². The first-order valence-corrected chi connectivity index (χ1v) is 11.3. The number of nitrogens with zero attached hydrogens (tertiary/aromatic N) is 4. The smallest absolute Gasteiger partial charge is 0.0662 e. The van der Waals surface area contributed by atoms with Crippen LogP contribution in [0.15, 0.2) is 42.7 Å². The lowest BCUT2D eigenvalue weighted by molar-refractivity contribution is 0.0668. The lowest BCUT2D eigenvalue weighted by Gasteiger charge is -2.43. The Morgan fingerprint density at radius 3 is 2.46 bits per heavy atom. The Balaban J connectivity index is 1.22. The van der Waals surface area contributed by atoms with Crippen molar-refractivity contribution in [1.82, 2.24) is 19.6 Å². The molecule has 3 heterocycles. The van der Waals surface area contributed by atoms with Gasteiger partial charge in [-0.1, -0.05) is 30.7 Å². The van der Waals surface area contributed by atoms with Gasteiger partial charge >= 0.3 is 0 Å². The summed E-state index contributed by atoms with van der Waals surface area (Å²) in [6.07, 6.45) is 12.6. The second kappa shape index (κ2) is 8.00. The fourth-order valence-corrected chi connectivity index (χ4v) is 5.68. The van der Waals surface area contributed by atoms with Crippen molar-refractivity contribution in [2.24, 2.45) is 11.3 Å². The van der Waals surface area contributed by atoms with Crippen LogP contribution in [0.3, 0.4) is 0 Å². The standard InChI is InChI=1S/C24H34N4/c1-2-9-23(18-28-14-5-12-25-28)22(8-1)17-27-15-11-24(20-27)10-4-13-26(19-24)16-21-6-3-7-21/h1-2,5,8-9,12,14,21H,3-4,6-7,10-11,13,15-20H2. The predicted molar refractivity (Wildman–Crippen MR) is 113 cm³/mol. The molecule has 2 saturated heterocycles. The van der Waals surface area contributed by atoms with E-state index in [1.54, 1.807) is 0 Å². The lowest BCUT2D eigenvalue weighted by Crippen LogP contribution is -2.47. The van der Waals surface area contributed by atoms with Crippen LogP contribution in [0.5, 0.6) is 0 Å². The van der Waals surface area contributed by atoms with Gasteiger partial charge in [0.1, 0.15) is 0 Å². The maximum atomic E-state index is 4.39. The number of hydrogen-bond acceptors (Lipinski definition) is 3. The summed E-state index contributed by atoms with van der Waals surface area (Å²) in [7, 11) is 0. The molecule has 1 aromatic heterocycles. The third-order valence-electron chi connectivity index (χ3n) is 7.40. The molecule has 4 heteroatoms. The molecule has 0 bridgehead atoms. The van der Waals surface area contributed by atoms with E-state index < -0.39 is 0 Å². The van der Waals surface area contributed by atoms with Crippen LogP contribution in [-0.4, -0.2) is 52.3 Å². The first-order valence-electron chi connectivity index (χ1n) is 11.3. The zero-order valence-electron chi connectivity index (χ0n) is 17.1. The highest BCUT2D eigenvalue weighted by Gasteiger charge is 2.41. The van der Waals surface area contributed by atoms with Crippen LogP contribution in [0.4, 0.5) is 0 Å². The fraction of sp³-hybridized carbons (Fsp3) is 0.625. The Kier molecular flexibility index (Phi) is 5.25. The molecule has 2 aromatic rings. The number of piperidine rings is 1. The van der Waals surface area contributed by atoms with Crippen LogP contribution >= 0.6 is 0 Å². The van der Waals surface area contributed by atoms with Crippen molar-refractivity contribution >= 4 is 0 Å². The van der Waals surface area contributed by atoms with Crippen molar-refractivity contribution in [3.63, 3.8) is 0 Å². The van der Waals surface area contributed by atoms with Gasteiger partial charge in [-0.15, -0.1) is 0 Å². The minimum atomic E-state index is 0.554.